The van der Waals surface area contributed by atoms with E-state index >= 15 is 0 Å². The van der Waals surface area contributed by atoms with E-state index < -0.39 is 0 Å². The Bertz CT molecular complexity index is 866. The molecule has 0 bridgehead atoms. The molecule has 3 rings (SSSR count). The summed E-state index contributed by atoms with van der Waals surface area (Å²) in [5, 5.41) is 4.28. The van der Waals surface area contributed by atoms with Crippen LogP contribution in [-0.2, 0) is 0 Å². The molecule has 0 atom stereocenters. The molecule has 1 aromatic carbocycles. The van der Waals surface area contributed by atoms with Crippen molar-refractivity contribution in [2.45, 2.75) is 0 Å². The molecular formula is C16H14ClN3O4. The van der Waals surface area contributed by atoms with E-state index in [1.807, 2.05) is 0 Å². The van der Waals surface area contributed by atoms with Gasteiger partial charge in [0, 0.05) is 6.20 Å². The highest BCUT2D eigenvalue weighted by molar-refractivity contribution is 6.31. The third-order valence-electron chi connectivity index (χ3n) is 3.36. The molecule has 7 nitrogen and oxygen atoms in total. The molecular weight excluding hydrogens is 334 g/mol. The minimum absolute atomic E-state index is 0.264. The van der Waals surface area contributed by atoms with Crippen LogP contribution in [0.4, 0.5) is 0 Å². The van der Waals surface area contributed by atoms with Gasteiger partial charge in [-0.2, -0.15) is 4.98 Å². The normalized spacial score (nSPS) is 10.5. The zero-order valence-electron chi connectivity index (χ0n) is 13.2. The maximum atomic E-state index is 6.06. The summed E-state index contributed by atoms with van der Waals surface area (Å²) in [6.07, 6.45) is 1.58. The van der Waals surface area contributed by atoms with E-state index in [-0.39, 0.29) is 11.0 Å². The van der Waals surface area contributed by atoms with Crippen LogP contribution in [0.3, 0.4) is 0 Å². The molecule has 24 heavy (non-hydrogen) atoms. The first-order valence-corrected chi connectivity index (χ1v) is 7.31. The third kappa shape index (κ3) is 2.74. The van der Waals surface area contributed by atoms with Crippen LogP contribution in [0.5, 0.6) is 17.2 Å². The number of methoxy groups -OCH3 is 3. The molecule has 8 heteroatoms. The SMILES string of the molecule is COc1ccc(-c2noc(-c3cccnc3Cl)n2)c(OC)c1OC. The predicted molar refractivity (Wildman–Crippen MR) is 87.6 cm³/mol. The second-order valence-corrected chi connectivity index (χ2v) is 5.00. The smallest absolute Gasteiger partial charge is 0.261 e. The number of halogens is 1. The van der Waals surface area contributed by atoms with Gasteiger partial charge in [-0.05, 0) is 24.3 Å². The number of aromatic nitrogens is 3. The number of ether oxygens (including phenoxy) is 3. The zero-order valence-corrected chi connectivity index (χ0v) is 14.0. The number of hydrogen-bond acceptors (Lipinski definition) is 7. The van der Waals surface area contributed by atoms with Crippen LogP contribution < -0.4 is 14.2 Å². The molecule has 0 radical (unpaired) electrons. The Morgan fingerprint density at radius 3 is 2.42 bits per heavy atom. The largest absolute Gasteiger partial charge is 0.493 e. The number of hydrogen-bond donors (Lipinski definition) is 0. The van der Waals surface area contributed by atoms with Gasteiger partial charge < -0.3 is 18.7 Å². The molecule has 124 valence electrons. The number of benzene rings is 1. The van der Waals surface area contributed by atoms with Gasteiger partial charge in [-0.3, -0.25) is 0 Å². The highest BCUT2D eigenvalue weighted by Crippen LogP contribution is 2.43. The zero-order chi connectivity index (χ0) is 17.1. The van der Waals surface area contributed by atoms with Crippen LogP contribution in [0.15, 0.2) is 35.0 Å². The van der Waals surface area contributed by atoms with Crippen molar-refractivity contribution in [3.63, 3.8) is 0 Å². The first kappa shape index (κ1) is 16.1. The van der Waals surface area contributed by atoms with Crippen LogP contribution in [0.2, 0.25) is 5.15 Å². The lowest BCUT2D eigenvalue weighted by Crippen LogP contribution is -1.97. The van der Waals surface area contributed by atoms with E-state index in [1.165, 1.54) is 14.2 Å². The van der Waals surface area contributed by atoms with Gasteiger partial charge in [0.1, 0.15) is 5.15 Å². The minimum atomic E-state index is 0.264. The molecule has 0 N–H and O–H groups in total. The van der Waals surface area contributed by atoms with E-state index in [1.54, 1.807) is 37.6 Å². The van der Waals surface area contributed by atoms with Gasteiger partial charge in [-0.1, -0.05) is 16.8 Å². The molecule has 3 aromatic rings. The van der Waals surface area contributed by atoms with Gasteiger partial charge in [-0.15, -0.1) is 0 Å². The van der Waals surface area contributed by atoms with Gasteiger partial charge in [-0.25, -0.2) is 4.98 Å². The summed E-state index contributed by atoms with van der Waals surface area (Å²) in [5.41, 5.74) is 1.16. The van der Waals surface area contributed by atoms with E-state index in [0.717, 1.165) is 0 Å². The Morgan fingerprint density at radius 1 is 0.958 bits per heavy atom. The maximum Gasteiger partial charge on any atom is 0.261 e. The molecule has 0 aliphatic heterocycles. The average molecular weight is 348 g/mol. The maximum absolute atomic E-state index is 6.06. The van der Waals surface area contributed by atoms with Gasteiger partial charge >= 0.3 is 0 Å². The Labute approximate surface area is 143 Å². The fraction of sp³-hybridized carbons (Fsp3) is 0.188. The van der Waals surface area contributed by atoms with Crippen LogP contribution in [0.25, 0.3) is 22.8 Å². The lowest BCUT2D eigenvalue weighted by atomic mass is 10.1. The first-order valence-electron chi connectivity index (χ1n) is 6.93. The Kier molecular flexibility index (Phi) is 4.52. The molecule has 2 aromatic heterocycles. The summed E-state index contributed by atoms with van der Waals surface area (Å²) in [6, 6.07) is 6.99. The average Bonchev–Trinajstić information content (AvgIpc) is 3.10. The number of pyridine rings is 1. The van der Waals surface area contributed by atoms with Gasteiger partial charge in [0.05, 0.1) is 32.5 Å². The molecule has 0 amide bonds. The molecule has 0 saturated heterocycles. The highest BCUT2D eigenvalue weighted by atomic mass is 35.5. The van der Waals surface area contributed by atoms with Crippen LogP contribution in [0, 0.1) is 0 Å². The molecule has 0 aliphatic rings. The molecule has 0 unspecified atom stereocenters. The molecule has 0 saturated carbocycles. The van der Waals surface area contributed by atoms with Crippen LogP contribution in [-0.4, -0.2) is 36.5 Å². The quantitative estimate of drug-likeness (QED) is 0.653. The Morgan fingerprint density at radius 2 is 1.75 bits per heavy atom. The lowest BCUT2D eigenvalue weighted by Gasteiger charge is -2.13. The van der Waals surface area contributed by atoms with Crippen LogP contribution >= 0.6 is 11.6 Å². The van der Waals surface area contributed by atoms with Gasteiger partial charge in [0.25, 0.3) is 5.89 Å². The van der Waals surface area contributed by atoms with Gasteiger partial charge in [0.15, 0.2) is 11.5 Å². The summed E-state index contributed by atoms with van der Waals surface area (Å²) < 4.78 is 21.4. The van der Waals surface area contributed by atoms with E-state index in [0.29, 0.717) is 34.2 Å². The molecule has 0 fully saturated rings. The van der Waals surface area contributed by atoms with Crippen molar-refractivity contribution in [1.82, 2.24) is 15.1 Å². The molecule has 2 heterocycles. The van der Waals surface area contributed by atoms with Crippen molar-refractivity contribution in [2.75, 3.05) is 21.3 Å². The van der Waals surface area contributed by atoms with Crippen molar-refractivity contribution >= 4 is 11.6 Å². The van der Waals surface area contributed by atoms with E-state index in [2.05, 4.69) is 15.1 Å². The second-order valence-electron chi connectivity index (χ2n) is 4.65. The standard InChI is InChI=1S/C16H14ClN3O4/c1-21-11-7-6-9(12(22-2)13(11)23-3)15-19-16(24-20-15)10-5-4-8-18-14(10)17/h4-8H,1-3H3. The van der Waals surface area contributed by atoms with E-state index in [9.17, 15) is 0 Å². The number of rotatable bonds is 5. The summed E-state index contributed by atoms with van der Waals surface area (Å²) in [7, 11) is 4.61. The fourth-order valence-electron chi connectivity index (χ4n) is 2.27. The number of nitrogens with zero attached hydrogens (tertiary/aromatic N) is 3. The van der Waals surface area contributed by atoms with Crippen LogP contribution in [0.1, 0.15) is 0 Å². The van der Waals surface area contributed by atoms with Crippen molar-refractivity contribution in [3.8, 4) is 40.1 Å². The predicted octanol–water partition coefficient (Wildman–Crippen LogP) is 3.48. The monoisotopic (exact) mass is 347 g/mol. The highest BCUT2D eigenvalue weighted by Gasteiger charge is 2.21. The van der Waals surface area contributed by atoms with Gasteiger partial charge in [0.2, 0.25) is 11.6 Å². The summed E-state index contributed by atoms with van der Waals surface area (Å²) in [6.45, 7) is 0. The lowest BCUT2D eigenvalue weighted by molar-refractivity contribution is 0.325. The van der Waals surface area contributed by atoms with Crippen molar-refractivity contribution in [2.24, 2.45) is 0 Å². The molecule has 0 spiro atoms. The van der Waals surface area contributed by atoms with Crippen molar-refractivity contribution in [3.05, 3.63) is 35.6 Å². The summed E-state index contributed by atoms with van der Waals surface area (Å²) in [5.74, 6) is 2.03. The summed E-state index contributed by atoms with van der Waals surface area (Å²) in [4.78, 5) is 8.37. The Balaban J connectivity index is 2.09. The van der Waals surface area contributed by atoms with Crippen molar-refractivity contribution in [1.29, 1.82) is 0 Å². The second kappa shape index (κ2) is 6.76. The minimum Gasteiger partial charge on any atom is -0.493 e. The Hall–Kier alpha value is -2.80. The third-order valence-corrected chi connectivity index (χ3v) is 3.66. The first-order chi connectivity index (χ1) is 11.7. The fourth-order valence-corrected chi connectivity index (χ4v) is 2.47. The molecule has 0 aliphatic carbocycles. The topological polar surface area (TPSA) is 79.5 Å². The summed E-state index contributed by atoms with van der Waals surface area (Å²) >= 11 is 6.06. The van der Waals surface area contributed by atoms with Crippen molar-refractivity contribution < 1.29 is 18.7 Å². The van der Waals surface area contributed by atoms with E-state index in [4.69, 9.17) is 30.3 Å².